The predicted molar refractivity (Wildman–Crippen MR) is 66.0 cm³/mol. The highest BCUT2D eigenvalue weighted by Crippen LogP contribution is 2.16. The maximum atomic E-state index is 11.1. The van der Waals surface area contributed by atoms with E-state index in [1.165, 1.54) is 7.11 Å². The summed E-state index contributed by atoms with van der Waals surface area (Å²) in [6.07, 6.45) is 0.723. The molecule has 0 amide bonds. The number of aliphatic carboxylic acids is 1. The molecule has 1 rings (SSSR count). The van der Waals surface area contributed by atoms with Crippen molar-refractivity contribution in [1.29, 1.82) is 0 Å². The highest BCUT2D eigenvalue weighted by atomic mass is 16.5. The number of ether oxygens (including phenoxy) is 1. The van der Waals surface area contributed by atoms with Crippen LogP contribution in [-0.2, 0) is 20.7 Å². The van der Waals surface area contributed by atoms with Crippen molar-refractivity contribution in [3.8, 4) is 0 Å². The molecule has 3 N–H and O–H groups in total. The average Bonchev–Trinajstić information content (AvgIpc) is 2.36. The van der Waals surface area contributed by atoms with Crippen LogP contribution in [0.1, 0.15) is 30.0 Å². The summed E-state index contributed by atoms with van der Waals surface area (Å²) in [5.74, 6) is -1.17. The van der Waals surface area contributed by atoms with Gasteiger partial charge in [-0.25, -0.2) is 0 Å². The first-order chi connectivity index (χ1) is 8.52. The molecule has 1 unspecified atom stereocenters. The highest BCUT2D eigenvalue weighted by Gasteiger charge is 2.11. The molecule has 0 aliphatic rings. The molecular formula is C13H17NO4. The molecule has 0 radical (unpaired) electrons. The number of rotatable bonds is 6. The summed E-state index contributed by atoms with van der Waals surface area (Å²) in [6, 6.07) is 6.88. The Morgan fingerprint density at radius 2 is 1.94 bits per heavy atom. The Labute approximate surface area is 106 Å². The number of methoxy groups -OCH3 is 1. The van der Waals surface area contributed by atoms with Crippen LogP contribution in [0.4, 0.5) is 0 Å². The van der Waals surface area contributed by atoms with Crippen molar-refractivity contribution in [3.63, 3.8) is 0 Å². The van der Waals surface area contributed by atoms with Gasteiger partial charge in [0.05, 0.1) is 13.5 Å². The lowest BCUT2D eigenvalue weighted by molar-refractivity contribution is -0.141. The van der Waals surface area contributed by atoms with Crippen molar-refractivity contribution in [2.24, 2.45) is 5.73 Å². The summed E-state index contributed by atoms with van der Waals surface area (Å²) < 4.78 is 4.55. The summed E-state index contributed by atoms with van der Waals surface area (Å²) in [7, 11) is 1.32. The molecule has 0 saturated heterocycles. The molecule has 1 aromatic carbocycles. The lowest BCUT2D eigenvalue weighted by Gasteiger charge is -2.11. The van der Waals surface area contributed by atoms with Crippen LogP contribution in [0.2, 0.25) is 0 Å². The van der Waals surface area contributed by atoms with Gasteiger partial charge in [0, 0.05) is 12.5 Å². The molecule has 98 valence electrons. The predicted octanol–water partition coefficient (Wildman–Crippen LogP) is 1.27. The van der Waals surface area contributed by atoms with Gasteiger partial charge in [-0.3, -0.25) is 9.59 Å². The third-order valence-electron chi connectivity index (χ3n) is 2.65. The number of nitrogens with two attached hydrogens (primary N) is 1. The lowest BCUT2D eigenvalue weighted by Crippen LogP contribution is -2.16. The molecule has 1 atom stereocenters. The van der Waals surface area contributed by atoms with Gasteiger partial charge in [-0.1, -0.05) is 24.3 Å². The number of hydrogen-bond donors (Lipinski definition) is 2. The summed E-state index contributed by atoms with van der Waals surface area (Å²) in [4.78, 5) is 21.5. The smallest absolute Gasteiger partial charge is 0.307 e. The maximum Gasteiger partial charge on any atom is 0.307 e. The van der Waals surface area contributed by atoms with Crippen molar-refractivity contribution in [3.05, 3.63) is 35.4 Å². The standard InChI is InChI=1S/C13H17NO4/c1-18-13(17)8-11(14)10-5-2-9(3-6-10)4-7-12(15)16/h2-3,5-6,11H,4,7-8,14H2,1H3,(H,15,16). The molecule has 0 aromatic heterocycles. The van der Waals surface area contributed by atoms with Crippen molar-refractivity contribution < 1.29 is 19.4 Å². The van der Waals surface area contributed by atoms with Gasteiger partial charge in [-0.2, -0.15) is 0 Å². The van der Waals surface area contributed by atoms with Crippen LogP contribution < -0.4 is 5.73 Å². The largest absolute Gasteiger partial charge is 0.481 e. The van der Waals surface area contributed by atoms with Crippen LogP contribution in [-0.4, -0.2) is 24.2 Å². The Bertz CT molecular complexity index is 414. The number of benzene rings is 1. The van der Waals surface area contributed by atoms with Crippen LogP contribution in [0.3, 0.4) is 0 Å². The van der Waals surface area contributed by atoms with Crippen molar-refractivity contribution >= 4 is 11.9 Å². The maximum absolute atomic E-state index is 11.1. The second-order valence-corrected chi connectivity index (χ2v) is 4.02. The van der Waals surface area contributed by atoms with Crippen LogP contribution in [0, 0.1) is 0 Å². The number of esters is 1. The van der Waals surface area contributed by atoms with Gasteiger partial charge in [-0.15, -0.1) is 0 Å². The van der Waals surface area contributed by atoms with E-state index in [2.05, 4.69) is 4.74 Å². The van der Waals surface area contributed by atoms with E-state index in [4.69, 9.17) is 10.8 Å². The molecule has 0 spiro atoms. The lowest BCUT2D eigenvalue weighted by atomic mass is 10.0. The van der Waals surface area contributed by atoms with Gasteiger partial charge in [0.2, 0.25) is 0 Å². The van der Waals surface area contributed by atoms with E-state index in [-0.39, 0.29) is 18.8 Å². The van der Waals surface area contributed by atoms with E-state index < -0.39 is 12.0 Å². The molecule has 0 aliphatic heterocycles. The Morgan fingerprint density at radius 3 is 2.44 bits per heavy atom. The molecule has 0 saturated carbocycles. The summed E-state index contributed by atoms with van der Waals surface area (Å²) in [5, 5.41) is 8.57. The Hall–Kier alpha value is -1.88. The minimum Gasteiger partial charge on any atom is -0.481 e. The fourth-order valence-electron chi connectivity index (χ4n) is 1.56. The van der Waals surface area contributed by atoms with E-state index in [9.17, 15) is 9.59 Å². The minimum absolute atomic E-state index is 0.105. The topological polar surface area (TPSA) is 89.6 Å². The summed E-state index contributed by atoms with van der Waals surface area (Å²) >= 11 is 0. The molecule has 5 heteroatoms. The minimum atomic E-state index is -0.818. The van der Waals surface area contributed by atoms with Gasteiger partial charge in [0.1, 0.15) is 0 Å². The van der Waals surface area contributed by atoms with Crippen molar-refractivity contribution in [2.75, 3.05) is 7.11 Å². The van der Waals surface area contributed by atoms with E-state index in [1.54, 1.807) is 0 Å². The van der Waals surface area contributed by atoms with E-state index in [1.807, 2.05) is 24.3 Å². The number of aryl methyl sites for hydroxylation is 1. The van der Waals surface area contributed by atoms with Gasteiger partial charge >= 0.3 is 11.9 Å². The molecule has 5 nitrogen and oxygen atoms in total. The van der Waals surface area contributed by atoms with Crippen molar-refractivity contribution in [1.82, 2.24) is 0 Å². The average molecular weight is 251 g/mol. The van der Waals surface area contributed by atoms with Crippen molar-refractivity contribution in [2.45, 2.75) is 25.3 Å². The molecule has 0 heterocycles. The number of carboxylic acids is 1. The highest BCUT2D eigenvalue weighted by molar-refractivity contribution is 5.70. The van der Waals surface area contributed by atoms with E-state index in [0.717, 1.165) is 11.1 Å². The summed E-state index contributed by atoms with van der Waals surface area (Å²) in [6.45, 7) is 0. The van der Waals surface area contributed by atoms with Crippen LogP contribution in [0.15, 0.2) is 24.3 Å². The zero-order chi connectivity index (χ0) is 13.5. The Balaban J connectivity index is 2.58. The Kier molecular flexibility index (Phi) is 5.32. The number of hydrogen-bond acceptors (Lipinski definition) is 4. The molecular weight excluding hydrogens is 234 g/mol. The first-order valence-electron chi connectivity index (χ1n) is 5.66. The first-order valence-corrected chi connectivity index (χ1v) is 5.66. The second-order valence-electron chi connectivity index (χ2n) is 4.02. The first kappa shape index (κ1) is 14.2. The van der Waals surface area contributed by atoms with Crippen LogP contribution in [0.25, 0.3) is 0 Å². The molecule has 0 aliphatic carbocycles. The van der Waals surface area contributed by atoms with E-state index >= 15 is 0 Å². The molecule has 0 fully saturated rings. The third kappa shape index (κ3) is 4.55. The zero-order valence-electron chi connectivity index (χ0n) is 10.3. The van der Waals surface area contributed by atoms with Gasteiger partial charge in [-0.05, 0) is 17.5 Å². The number of carboxylic acid groups (broad SMARTS) is 1. The third-order valence-corrected chi connectivity index (χ3v) is 2.65. The molecule has 18 heavy (non-hydrogen) atoms. The monoisotopic (exact) mass is 251 g/mol. The molecule has 0 bridgehead atoms. The normalized spacial score (nSPS) is 11.9. The number of carbonyl (C=O) groups excluding carboxylic acids is 1. The fourth-order valence-corrected chi connectivity index (χ4v) is 1.56. The zero-order valence-corrected chi connectivity index (χ0v) is 10.3. The molecule has 1 aromatic rings. The van der Waals surface area contributed by atoms with Gasteiger partial charge < -0.3 is 15.6 Å². The van der Waals surface area contributed by atoms with Crippen LogP contribution in [0.5, 0.6) is 0 Å². The quantitative estimate of drug-likeness (QED) is 0.743. The van der Waals surface area contributed by atoms with Gasteiger partial charge in [0.15, 0.2) is 0 Å². The van der Waals surface area contributed by atoms with E-state index in [0.29, 0.717) is 6.42 Å². The van der Waals surface area contributed by atoms with Gasteiger partial charge in [0.25, 0.3) is 0 Å². The second kappa shape index (κ2) is 6.76. The number of carbonyl (C=O) groups is 2. The van der Waals surface area contributed by atoms with Crippen LogP contribution >= 0.6 is 0 Å². The SMILES string of the molecule is COC(=O)CC(N)c1ccc(CCC(=O)O)cc1. The fraction of sp³-hybridized carbons (Fsp3) is 0.385. The summed E-state index contributed by atoms with van der Waals surface area (Å²) in [5.41, 5.74) is 7.62. The Morgan fingerprint density at radius 1 is 1.33 bits per heavy atom.